The molecule has 0 spiro atoms. The zero-order valence-corrected chi connectivity index (χ0v) is 11.4. The molecule has 0 bridgehead atoms. The average molecular weight is 270 g/mol. The lowest BCUT2D eigenvalue weighted by Gasteiger charge is -2.25. The smallest absolute Gasteiger partial charge is 0.254 e. The molecule has 0 saturated heterocycles. The standard InChI is InChI=1S/C12H16ClN3O2/c1-7(2)16(6-11(14)17)12(18)9-4-8(3)15-10(13)5-9/h4-5,7H,6H2,1-3H3,(H2,14,17). The number of aromatic nitrogens is 1. The van der Waals surface area contributed by atoms with Gasteiger partial charge in [-0.05, 0) is 32.9 Å². The molecule has 0 aliphatic carbocycles. The van der Waals surface area contributed by atoms with Crippen molar-refractivity contribution in [3.63, 3.8) is 0 Å². The summed E-state index contributed by atoms with van der Waals surface area (Å²) in [5.41, 5.74) is 6.19. The van der Waals surface area contributed by atoms with Crippen LogP contribution < -0.4 is 5.73 Å². The zero-order valence-electron chi connectivity index (χ0n) is 10.6. The number of carbonyl (C=O) groups excluding carboxylic acids is 2. The second-order valence-electron chi connectivity index (χ2n) is 4.31. The Morgan fingerprint density at radius 3 is 2.50 bits per heavy atom. The molecule has 0 saturated carbocycles. The van der Waals surface area contributed by atoms with Crippen molar-refractivity contribution in [1.82, 2.24) is 9.88 Å². The van der Waals surface area contributed by atoms with E-state index in [9.17, 15) is 9.59 Å². The van der Waals surface area contributed by atoms with E-state index >= 15 is 0 Å². The van der Waals surface area contributed by atoms with Gasteiger partial charge in [0.15, 0.2) is 0 Å². The van der Waals surface area contributed by atoms with E-state index in [0.29, 0.717) is 11.3 Å². The van der Waals surface area contributed by atoms with Gasteiger partial charge in [0.1, 0.15) is 5.15 Å². The van der Waals surface area contributed by atoms with Gasteiger partial charge < -0.3 is 10.6 Å². The fourth-order valence-electron chi connectivity index (χ4n) is 1.57. The maximum absolute atomic E-state index is 12.3. The lowest BCUT2D eigenvalue weighted by atomic mass is 10.2. The Morgan fingerprint density at radius 2 is 2.06 bits per heavy atom. The third-order valence-corrected chi connectivity index (χ3v) is 2.57. The first-order valence-electron chi connectivity index (χ1n) is 5.54. The molecular formula is C12H16ClN3O2. The van der Waals surface area contributed by atoms with Gasteiger partial charge in [-0.25, -0.2) is 4.98 Å². The van der Waals surface area contributed by atoms with Crippen LogP contribution in [-0.2, 0) is 4.79 Å². The van der Waals surface area contributed by atoms with E-state index in [-0.39, 0.29) is 23.6 Å². The van der Waals surface area contributed by atoms with Gasteiger partial charge >= 0.3 is 0 Å². The van der Waals surface area contributed by atoms with E-state index in [4.69, 9.17) is 17.3 Å². The molecule has 5 nitrogen and oxygen atoms in total. The number of halogens is 1. The van der Waals surface area contributed by atoms with Crippen LogP contribution in [0.2, 0.25) is 5.15 Å². The first-order chi connectivity index (χ1) is 8.31. The third kappa shape index (κ3) is 3.70. The highest BCUT2D eigenvalue weighted by atomic mass is 35.5. The highest BCUT2D eigenvalue weighted by molar-refractivity contribution is 6.29. The maximum atomic E-state index is 12.3. The number of nitrogens with zero attached hydrogens (tertiary/aromatic N) is 2. The Bertz CT molecular complexity index is 454. The molecule has 2 N–H and O–H groups in total. The number of amides is 2. The molecule has 1 rings (SSSR count). The highest BCUT2D eigenvalue weighted by Gasteiger charge is 2.21. The molecule has 6 heteroatoms. The number of pyridine rings is 1. The van der Waals surface area contributed by atoms with Crippen molar-refractivity contribution in [1.29, 1.82) is 0 Å². The van der Waals surface area contributed by atoms with Gasteiger partial charge in [0.05, 0.1) is 6.54 Å². The molecular weight excluding hydrogens is 254 g/mol. The second-order valence-corrected chi connectivity index (χ2v) is 4.70. The maximum Gasteiger partial charge on any atom is 0.254 e. The molecule has 0 aliphatic heterocycles. The largest absolute Gasteiger partial charge is 0.368 e. The van der Waals surface area contributed by atoms with E-state index < -0.39 is 5.91 Å². The molecule has 0 aliphatic rings. The molecule has 18 heavy (non-hydrogen) atoms. The van der Waals surface area contributed by atoms with Crippen LogP contribution in [0.15, 0.2) is 12.1 Å². The summed E-state index contributed by atoms with van der Waals surface area (Å²) in [7, 11) is 0. The van der Waals surface area contributed by atoms with Crippen LogP contribution in [0.4, 0.5) is 0 Å². The molecule has 1 heterocycles. The second kappa shape index (κ2) is 5.82. The quantitative estimate of drug-likeness (QED) is 0.839. The lowest BCUT2D eigenvalue weighted by Crippen LogP contribution is -2.42. The van der Waals surface area contributed by atoms with E-state index in [1.165, 1.54) is 11.0 Å². The number of carbonyl (C=O) groups is 2. The number of primary amides is 1. The molecule has 0 fully saturated rings. The Balaban J connectivity index is 3.05. The van der Waals surface area contributed by atoms with E-state index in [1.54, 1.807) is 13.0 Å². The van der Waals surface area contributed by atoms with Crippen LogP contribution in [-0.4, -0.2) is 34.3 Å². The van der Waals surface area contributed by atoms with Gasteiger partial charge in [-0.2, -0.15) is 0 Å². The number of nitrogens with two attached hydrogens (primary N) is 1. The summed E-state index contributed by atoms with van der Waals surface area (Å²) in [5, 5.41) is 0.251. The monoisotopic (exact) mass is 269 g/mol. The topological polar surface area (TPSA) is 76.3 Å². The highest BCUT2D eigenvalue weighted by Crippen LogP contribution is 2.14. The van der Waals surface area contributed by atoms with Crippen LogP contribution in [0.3, 0.4) is 0 Å². The van der Waals surface area contributed by atoms with Crippen molar-refractivity contribution in [2.75, 3.05) is 6.54 Å². The number of aryl methyl sites for hydroxylation is 1. The van der Waals surface area contributed by atoms with Crippen LogP contribution in [0, 0.1) is 6.92 Å². The minimum absolute atomic E-state index is 0.116. The molecule has 1 aromatic rings. The Labute approximate surface area is 111 Å². The fourth-order valence-corrected chi connectivity index (χ4v) is 1.82. The van der Waals surface area contributed by atoms with Crippen molar-refractivity contribution >= 4 is 23.4 Å². The van der Waals surface area contributed by atoms with Crippen LogP contribution in [0.1, 0.15) is 29.9 Å². The number of hydrogen-bond acceptors (Lipinski definition) is 3. The molecule has 98 valence electrons. The van der Waals surface area contributed by atoms with Gasteiger partial charge in [-0.1, -0.05) is 11.6 Å². The molecule has 0 radical (unpaired) electrons. The van der Waals surface area contributed by atoms with Gasteiger partial charge in [-0.3, -0.25) is 9.59 Å². The SMILES string of the molecule is Cc1cc(C(=O)N(CC(N)=O)C(C)C)cc(Cl)n1. The summed E-state index contributed by atoms with van der Waals surface area (Å²) in [6, 6.07) is 2.98. The summed E-state index contributed by atoms with van der Waals surface area (Å²) in [6.07, 6.45) is 0. The van der Waals surface area contributed by atoms with Gasteiger partial charge in [0.2, 0.25) is 5.91 Å². The van der Waals surface area contributed by atoms with E-state index in [0.717, 1.165) is 0 Å². The Morgan fingerprint density at radius 1 is 1.44 bits per heavy atom. The van der Waals surface area contributed by atoms with Crippen molar-refractivity contribution in [2.45, 2.75) is 26.8 Å². The minimum Gasteiger partial charge on any atom is -0.368 e. The van der Waals surface area contributed by atoms with Crippen LogP contribution in [0.25, 0.3) is 0 Å². The first-order valence-corrected chi connectivity index (χ1v) is 5.92. The predicted molar refractivity (Wildman–Crippen MR) is 69.4 cm³/mol. The van der Waals surface area contributed by atoms with Gasteiger partial charge in [0.25, 0.3) is 5.91 Å². The van der Waals surface area contributed by atoms with Crippen LogP contribution in [0.5, 0.6) is 0 Å². The third-order valence-electron chi connectivity index (χ3n) is 2.38. The molecule has 0 atom stereocenters. The summed E-state index contributed by atoms with van der Waals surface area (Å²) in [4.78, 5) is 28.6. The van der Waals surface area contributed by atoms with Gasteiger partial charge in [-0.15, -0.1) is 0 Å². The average Bonchev–Trinajstić information content (AvgIpc) is 2.23. The summed E-state index contributed by atoms with van der Waals surface area (Å²) >= 11 is 5.81. The fraction of sp³-hybridized carbons (Fsp3) is 0.417. The summed E-state index contributed by atoms with van der Waals surface area (Å²) in [5.74, 6) is -0.829. The molecule has 0 aromatic carbocycles. The van der Waals surface area contributed by atoms with Crippen molar-refractivity contribution in [3.8, 4) is 0 Å². The molecule has 1 aromatic heterocycles. The van der Waals surface area contributed by atoms with Gasteiger partial charge in [0, 0.05) is 17.3 Å². The number of rotatable bonds is 4. The lowest BCUT2D eigenvalue weighted by molar-refractivity contribution is -0.119. The predicted octanol–water partition coefficient (Wildman–Crippen LogP) is 1.38. The van der Waals surface area contributed by atoms with E-state index in [2.05, 4.69) is 4.98 Å². The van der Waals surface area contributed by atoms with E-state index in [1.807, 2.05) is 13.8 Å². The first kappa shape index (κ1) is 14.4. The zero-order chi connectivity index (χ0) is 13.9. The minimum atomic E-state index is -0.547. The normalized spacial score (nSPS) is 10.5. The van der Waals surface area contributed by atoms with Crippen molar-refractivity contribution in [3.05, 3.63) is 28.5 Å². The molecule has 2 amide bonds. The van der Waals surface area contributed by atoms with Crippen molar-refractivity contribution < 1.29 is 9.59 Å². The Kier molecular flexibility index (Phi) is 4.67. The summed E-state index contributed by atoms with van der Waals surface area (Å²) in [6.45, 7) is 5.26. The van der Waals surface area contributed by atoms with Crippen molar-refractivity contribution in [2.24, 2.45) is 5.73 Å². The van der Waals surface area contributed by atoms with Crippen LogP contribution >= 0.6 is 11.6 Å². The summed E-state index contributed by atoms with van der Waals surface area (Å²) < 4.78 is 0. The molecule has 0 unspecified atom stereocenters. The number of hydrogen-bond donors (Lipinski definition) is 1. The Hall–Kier alpha value is -1.62.